The normalized spacial score (nSPS) is 11.5. The fraction of sp³-hybridized carbons (Fsp3) is 0.222. The largest absolute Gasteiger partial charge is 0.462 e. The van der Waals surface area contributed by atoms with E-state index in [1.54, 1.807) is 31.5 Å². The highest BCUT2D eigenvalue weighted by Gasteiger charge is 2.18. The number of carbonyl (C=O) groups is 1. The fourth-order valence-electron chi connectivity index (χ4n) is 2.20. The molecule has 0 atom stereocenters. The molecular weight excluding hydrogens is 386 g/mol. The lowest BCUT2D eigenvalue weighted by molar-refractivity contribution is 0.0524. The number of hydrogen-bond acceptors (Lipinski definition) is 5. The van der Waals surface area contributed by atoms with Gasteiger partial charge in [0.15, 0.2) is 0 Å². The maximum absolute atomic E-state index is 12.8. The second-order valence-corrected chi connectivity index (χ2v) is 6.02. The molecule has 0 saturated carbocycles. The molecule has 0 radical (unpaired) electrons. The highest BCUT2D eigenvalue weighted by molar-refractivity contribution is 9.10. The van der Waals surface area contributed by atoms with Crippen LogP contribution >= 0.6 is 15.9 Å². The number of allylic oxidation sites excluding steroid dienone is 3. The van der Waals surface area contributed by atoms with E-state index in [1.807, 2.05) is 13.0 Å². The lowest BCUT2D eigenvalue weighted by atomic mass is 10.2. The number of halogens is 1. The van der Waals surface area contributed by atoms with E-state index in [0.717, 1.165) is 4.47 Å². The van der Waals surface area contributed by atoms with Crippen molar-refractivity contribution in [3.8, 4) is 0 Å². The molecule has 0 bridgehead atoms. The van der Waals surface area contributed by atoms with Crippen LogP contribution in [0, 0.1) is 0 Å². The third kappa shape index (κ3) is 4.51. The van der Waals surface area contributed by atoms with Crippen molar-refractivity contribution in [3.63, 3.8) is 0 Å². The predicted octanol–water partition coefficient (Wildman–Crippen LogP) is 3.50. The number of rotatable bonds is 6. The maximum atomic E-state index is 12.8. The molecule has 0 aliphatic rings. The van der Waals surface area contributed by atoms with Crippen molar-refractivity contribution >= 4 is 39.1 Å². The summed E-state index contributed by atoms with van der Waals surface area (Å²) in [6.07, 6.45) is 6.78. The summed E-state index contributed by atoms with van der Waals surface area (Å²) in [4.78, 5) is 33.3. The molecule has 0 spiro atoms. The second-order valence-electron chi connectivity index (χ2n) is 5.11. The Morgan fingerprint density at radius 3 is 2.92 bits per heavy atom. The summed E-state index contributed by atoms with van der Waals surface area (Å²) in [5.41, 5.74) is 0.387. The van der Waals surface area contributed by atoms with Crippen LogP contribution in [0.4, 0.5) is 0 Å². The average Bonchev–Trinajstić information content (AvgIpc) is 2.57. The molecule has 25 heavy (non-hydrogen) atoms. The van der Waals surface area contributed by atoms with Gasteiger partial charge in [0, 0.05) is 22.3 Å². The summed E-state index contributed by atoms with van der Waals surface area (Å²) < 4.78 is 7.10. The minimum Gasteiger partial charge on any atom is -0.462 e. The number of aliphatic imine (C=N–C) groups is 1. The highest BCUT2D eigenvalue weighted by atomic mass is 79.9. The van der Waals surface area contributed by atoms with Crippen LogP contribution in [-0.4, -0.2) is 28.3 Å². The van der Waals surface area contributed by atoms with Gasteiger partial charge in [-0.25, -0.2) is 9.78 Å². The zero-order chi connectivity index (χ0) is 18.4. The Hall–Kier alpha value is -2.54. The SMILES string of the molecule is C=C(Cn1c(=O)c(C(=O)OCC)cc2cc(Br)cnc21)/N=C\C=C/C. The van der Waals surface area contributed by atoms with Crippen molar-refractivity contribution in [1.82, 2.24) is 9.55 Å². The van der Waals surface area contributed by atoms with Crippen LogP contribution in [0.1, 0.15) is 24.2 Å². The molecule has 2 heterocycles. The van der Waals surface area contributed by atoms with Crippen molar-refractivity contribution in [3.05, 3.63) is 63.1 Å². The number of hydrogen-bond donors (Lipinski definition) is 0. The number of ether oxygens (including phenoxy) is 1. The molecule has 0 saturated heterocycles. The molecule has 0 unspecified atom stereocenters. The number of esters is 1. The van der Waals surface area contributed by atoms with E-state index in [-0.39, 0.29) is 18.7 Å². The first kappa shape index (κ1) is 18.8. The smallest absolute Gasteiger partial charge is 0.343 e. The van der Waals surface area contributed by atoms with Gasteiger partial charge in [0.05, 0.1) is 18.8 Å². The Morgan fingerprint density at radius 1 is 1.48 bits per heavy atom. The molecule has 0 aromatic carbocycles. The monoisotopic (exact) mass is 403 g/mol. The first-order valence-electron chi connectivity index (χ1n) is 7.67. The molecule has 0 fully saturated rings. The molecule has 2 rings (SSSR count). The number of carbonyl (C=O) groups excluding carboxylic acids is 1. The number of aromatic nitrogens is 2. The molecule has 0 N–H and O–H groups in total. The zero-order valence-electron chi connectivity index (χ0n) is 14.0. The molecule has 2 aromatic heterocycles. The van der Waals surface area contributed by atoms with E-state index >= 15 is 0 Å². The molecule has 0 aliphatic carbocycles. The van der Waals surface area contributed by atoms with E-state index in [4.69, 9.17) is 4.74 Å². The van der Waals surface area contributed by atoms with Gasteiger partial charge < -0.3 is 4.74 Å². The van der Waals surface area contributed by atoms with E-state index in [1.165, 1.54) is 10.6 Å². The van der Waals surface area contributed by atoms with Gasteiger partial charge in [-0.2, -0.15) is 0 Å². The van der Waals surface area contributed by atoms with Crippen LogP contribution in [0.25, 0.3) is 11.0 Å². The lowest BCUT2D eigenvalue weighted by Gasteiger charge is -2.12. The summed E-state index contributed by atoms with van der Waals surface area (Å²) in [5.74, 6) is -0.661. The minimum atomic E-state index is -0.661. The van der Waals surface area contributed by atoms with Crippen molar-refractivity contribution in [2.45, 2.75) is 20.4 Å². The van der Waals surface area contributed by atoms with Gasteiger partial charge in [-0.1, -0.05) is 12.7 Å². The second kappa shape index (κ2) is 8.53. The van der Waals surface area contributed by atoms with Crippen LogP contribution in [-0.2, 0) is 11.3 Å². The van der Waals surface area contributed by atoms with Crippen LogP contribution in [0.5, 0.6) is 0 Å². The Kier molecular flexibility index (Phi) is 6.41. The molecule has 7 heteroatoms. The summed E-state index contributed by atoms with van der Waals surface area (Å²) in [7, 11) is 0. The predicted molar refractivity (Wildman–Crippen MR) is 102 cm³/mol. The van der Waals surface area contributed by atoms with Gasteiger partial charge in [-0.15, -0.1) is 0 Å². The van der Waals surface area contributed by atoms with Gasteiger partial charge in [-0.05, 0) is 48.0 Å². The van der Waals surface area contributed by atoms with E-state index in [9.17, 15) is 9.59 Å². The Bertz CT molecular complexity index is 929. The third-order valence-electron chi connectivity index (χ3n) is 3.26. The summed E-state index contributed by atoms with van der Waals surface area (Å²) in [6, 6.07) is 3.28. The Morgan fingerprint density at radius 2 is 2.24 bits per heavy atom. The molecule has 0 aliphatic heterocycles. The number of pyridine rings is 2. The fourth-order valence-corrected chi connectivity index (χ4v) is 2.55. The van der Waals surface area contributed by atoms with Crippen molar-refractivity contribution in [2.24, 2.45) is 4.99 Å². The van der Waals surface area contributed by atoms with Gasteiger partial charge in [0.1, 0.15) is 11.2 Å². The molecule has 2 aromatic rings. The highest BCUT2D eigenvalue weighted by Crippen LogP contribution is 2.18. The van der Waals surface area contributed by atoms with Crippen LogP contribution in [0.3, 0.4) is 0 Å². The lowest BCUT2D eigenvalue weighted by Crippen LogP contribution is -2.28. The maximum Gasteiger partial charge on any atom is 0.343 e. The van der Waals surface area contributed by atoms with Gasteiger partial charge >= 0.3 is 5.97 Å². The average molecular weight is 404 g/mol. The standard InChI is InChI=1S/C18H18BrN3O3/c1-4-6-7-20-12(3)11-22-16-13(8-14(19)10-21-16)9-15(17(22)23)18(24)25-5-2/h4,6-10H,3,5,11H2,1-2H3/b6-4-,20-7-. The quantitative estimate of drug-likeness (QED) is 0.546. The van der Waals surface area contributed by atoms with Gasteiger partial charge in [-0.3, -0.25) is 14.4 Å². The van der Waals surface area contributed by atoms with E-state index in [0.29, 0.717) is 16.7 Å². The van der Waals surface area contributed by atoms with E-state index in [2.05, 4.69) is 32.5 Å². The molecular formula is C18H18BrN3O3. The van der Waals surface area contributed by atoms with E-state index < -0.39 is 11.5 Å². The molecule has 6 nitrogen and oxygen atoms in total. The summed E-state index contributed by atoms with van der Waals surface area (Å²) in [6.45, 7) is 7.72. The van der Waals surface area contributed by atoms with Crippen molar-refractivity contribution in [2.75, 3.05) is 6.61 Å². The summed E-state index contributed by atoms with van der Waals surface area (Å²) in [5, 5.41) is 0.641. The van der Waals surface area contributed by atoms with Crippen molar-refractivity contribution < 1.29 is 9.53 Å². The molecule has 130 valence electrons. The Labute approximate surface area is 153 Å². The first-order valence-corrected chi connectivity index (χ1v) is 8.46. The van der Waals surface area contributed by atoms with Gasteiger partial charge in [0.25, 0.3) is 5.56 Å². The first-order chi connectivity index (χ1) is 12.0. The molecule has 0 amide bonds. The Balaban J connectivity index is 2.59. The number of fused-ring (bicyclic) bond motifs is 1. The summed E-state index contributed by atoms with van der Waals surface area (Å²) >= 11 is 3.35. The van der Waals surface area contributed by atoms with Gasteiger partial charge in [0.2, 0.25) is 0 Å². The third-order valence-corrected chi connectivity index (χ3v) is 3.70. The zero-order valence-corrected chi connectivity index (χ0v) is 15.6. The van der Waals surface area contributed by atoms with Crippen molar-refractivity contribution in [1.29, 1.82) is 0 Å². The number of nitrogens with zero attached hydrogens (tertiary/aromatic N) is 3. The topological polar surface area (TPSA) is 73.5 Å². The van der Waals surface area contributed by atoms with Crippen LogP contribution < -0.4 is 5.56 Å². The van der Waals surface area contributed by atoms with Crippen LogP contribution in [0.2, 0.25) is 0 Å². The van der Waals surface area contributed by atoms with Crippen LogP contribution in [0.15, 0.2) is 57.0 Å². The minimum absolute atomic E-state index is 0.0421.